The van der Waals surface area contributed by atoms with Crippen LogP contribution in [0.5, 0.6) is 0 Å². The predicted molar refractivity (Wildman–Crippen MR) is 77.3 cm³/mol. The lowest BCUT2D eigenvalue weighted by Crippen LogP contribution is -2.42. The van der Waals surface area contributed by atoms with Crippen molar-refractivity contribution in [1.82, 2.24) is 9.88 Å². The van der Waals surface area contributed by atoms with Gasteiger partial charge in [-0.15, -0.1) is 0 Å². The molecule has 3 nitrogen and oxygen atoms in total. The predicted octanol–water partition coefficient (Wildman–Crippen LogP) is 3.33. The van der Waals surface area contributed by atoms with Gasteiger partial charge >= 0.3 is 0 Å². The van der Waals surface area contributed by atoms with Crippen molar-refractivity contribution in [3.8, 4) is 0 Å². The standard InChI is InChI=1S/C14H22ClN3/c1-10(2)18-6-4-12(5-7-18)17-13-8-11(3)14(15)16-9-13/h8-10,12,17H,4-7H2,1-3H3. The largest absolute Gasteiger partial charge is 0.381 e. The second-order valence-electron chi connectivity index (χ2n) is 5.38. The Labute approximate surface area is 115 Å². The summed E-state index contributed by atoms with van der Waals surface area (Å²) in [7, 11) is 0. The van der Waals surface area contributed by atoms with E-state index in [2.05, 4.69) is 35.1 Å². The third kappa shape index (κ3) is 3.36. The highest BCUT2D eigenvalue weighted by Gasteiger charge is 2.20. The molecule has 0 aliphatic carbocycles. The summed E-state index contributed by atoms with van der Waals surface area (Å²) in [5.74, 6) is 0. The summed E-state index contributed by atoms with van der Waals surface area (Å²) < 4.78 is 0. The van der Waals surface area contributed by atoms with E-state index in [1.807, 2.05) is 13.1 Å². The first-order valence-electron chi connectivity index (χ1n) is 6.69. The minimum Gasteiger partial charge on any atom is -0.381 e. The molecule has 0 spiro atoms. The van der Waals surface area contributed by atoms with E-state index in [9.17, 15) is 0 Å². The Morgan fingerprint density at radius 1 is 1.39 bits per heavy atom. The molecule has 18 heavy (non-hydrogen) atoms. The molecular weight excluding hydrogens is 246 g/mol. The van der Waals surface area contributed by atoms with Crippen LogP contribution in [0.2, 0.25) is 5.15 Å². The minimum atomic E-state index is 0.558. The number of hydrogen-bond donors (Lipinski definition) is 1. The zero-order chi connectivity index (χ0) is 13.1. The number of halogens is 1. The zero-order valence-electron chi connectivity index (χ0n) is 11.4. The summed E-state index contributed by atoms with van der Waals surface area (Å²) in [6, 6.07) is 3.29. The van der Waals surface area contributed by atoms with Gasteiger partial charge in [0.1, 0.15) is 5.15 Å². The van der Waals surface area contributed by atoms with Crippen molar-refractivity contribution in [3.05, 3.63) is 23.0 Å². The van der Waals surface area contributed by atoms with Crippen LogP contribution in [0.1, 0.15) is 32.3 Å². The Morgan fingerprint density at radius 3 is 2.61 bits per heavy atom. The minimum absolute atomic E-state index is 0.558. The molecule has 0 aromatic carbocycles. The van der Waals surface area contributed by atoms with Gasteiger partial charge in [-0.05, 0) is 45.2 Å². The summed E-state index contributed by atoms with van der Waals surface area (Å²) in [5.41, 5.74) is 2.11. The number of aryl methyl sites for hydroxylation is 1. The Morgan fingerprint density at radius 2 is 2.06 bits per heavy atom. The second kappa shape index (κ2) is 5.89. The van der Waals surface area contributed by atoms with Crippen molar-refractivity contribution in [2.24, 2.45) is 0 Å². The average Bonchev–Trinajstić information content (AvgIpc) is 2.34. The van der Waals surface area contributed by atoms with Gasteiger partial charge in [-0.1, -0.05) is 11.6 Å². The molecule has 100 valence electrons. The molecule has 1 aromatic heterocycles. The number of aromatic nitrogens is 1. The van der Waals surface area contributed by atoms with E-state index in [4.69, 9.17) is 11.6 Å². The number of nitrogens with one attached hydrogen (secondary N) is 1. The number of nitrogens with zero attached hydrogens (tertiary/aromatic N) is 2. The van der Waals surface area contributed by atoms with E-state index in [-0.39, 0.29) is 0 Å². The maximum atomic E-state index is 5.93. The fourth-order valence-corrected chi connectivity index (χ4v) is 2.54. The Kier molecular flexibility index (Phi) is 4.46. The summed E-state index contributed by atoms with van der Waals surface area (Å²) >= 11 is 5.93. The van der Waals surface area contributed by atoms with Gasteiger partial charge < -0.3 is 10.2 Å². The molecule has 0 radical (unpaired) electrons. The van der Waals surface area contributed by atoms with Gasteiger partial charge in [0.2, 0.25) is 0 Å². The molecule has 2 rings (SSSR count). The van der Waals surface area contributed by atoms with E-state index in [0.717, 1.165) is 11.3 Å². The summed E-state index contributed by atoms with van der Waals surface area (Å²) in [6.07, 6.45) is 4.21. The number of anilines is 1. The van der Waals surface area contributed by atoms with Gasteiger partial charge in [0.25, 0.3) is 0 Å². The topological polar surface area (TPSA) is 28.2 Å². The Bertz CT molecular complexity index is 398. The number of pyridine rings is 1. The lowest BCUT2D eigenvalue weighted by Gasteiger charge is -2.35. The first kappa shape index (κ1) is 13.6. The second-order valence-corrected chi connectivity index (χ2v) is 5.74. The van der Waals surface area contributed by atoms with Crippen molar-refractivity contribution in [1.29, 1.82) is 0 Å². The first-order valence-corrected chi connectivity index (χ1v) is 7.07. The highest BCUT2D eigenvalue weighted by molar-refractivity contribution is 6.30. The van der Waals surface area contributed by atoms with Crippen LogP contribution >= 0.6 is 11.6 Å². The van der Waals surface area contributed by atoms with Crippen LogP contribution in [0.25, 0.3) is 0 Å². The fourth-order valence-electron chi connectivity index (χ4n) is 2.43. The average molecular weight is 268 g/mol. The van der Waals surface area contributed by atoms with E-state index in [0.29, 0.717) is 17.2 Å². The van der Waals surface area contributed by atoms with E-state index in [1.165, 1.54) is 25.9 Å². The molecule has 1 aromatic rings. The number of rotatable bonds is 3. The first-order chi connectivity index (χ1) is 8.56. The van der Waals surface area contributed by atoms with E-state index in [1.54, 1.807) is 0 Å². The number of piperidine rings is 1. The van der Waals surface area contributed by atoms with Gasteiger partial charge in [-0.25, -0.2) is 4.98 Å². The molecule has 0 atom stereocenters. The van der Waals surface area contributed by atoms with Crippen LogP contribution in [0.4, 0.5) is 5.69 Å². The molecule has 1 fully saturated rings. The molecule has 4 heteroatoms. The lowest BCUT2D eigenvalue weighted by atomic mass is 10.0. The molecule has 0 amide bonds. The summed E-state index contributed by atoms with van der Waals surface area (Å²) in [6.45, 7) is 8.87. The molecule has 1 aliphatic rings. The quantitative estimate of drug-likeness (QED) is 0.852. The summed E-state index contributed by atoms with van der Waals surface area (Å²) in [4.78, 5) is 6.71. The van der Waals surface area contributed by atoms with Gasteiger partial charge in [-0.3, -0.25) is 0 Å². The van der Waals surface area contributed by atoms with E-state index >= 15 is 0 Å². The van der Waals surface area contributed by atoms with Crippen molar-refractivity contribution in [2.75, 3.05) is 18.4 Å². The molecule has 1 aliphatic heterocycles. The molecular formula is C14H22ClN3. The zero-order valence-corrected chi connectivity index (χ0v) is 12.2. The van der Waals surface area contributed by atoms with Gasteiger partial charge in [-0.2, -0.15) is 0 Å². The lowest BCUT2D eigenvalue weighted by molar-refractivity contribution is 0.177. The van der Waals surface area contributed by atoms with Crippen molar-refractivity contribution >= 4 is 17.3 Å². The maximum Gasteiger partial charge on any atom is 0.132 e. The fraction of sp³-hybridized carbons (Fsp3) is 0.643. The molecule has 1 saturated heterocycles. The monoisotopic (exact) mass is 267 g/mol. The maximum absolute atomic E-state index is 5.93. The third-order valence-corrected chi connectivity index (χ3v) is 4.04. The van der Waals surface area contributed by atoms with Crippen molar-refractivity contribution in [3.63, 3.8) is 0 Å². The van der Waals surface area contributed by atoms with E-state index < -0.39 is 0 Å². The van der Waals surface area contributed by atoms with Crippen LogP contribution in [0.3, 0.4) is 0 Å². The number of hydrogen-bond acceptors (Lipinski definition) is 3. The third-order valence-electron chi connectivity index (χ3n) is 3.65. The van der Waals surface area contributed by atoms with Crippen LogP contribution in [0, 0.1) is 6.92 Å². The van der Waals surface area contributed by atoms with Gasteiger partial charge in [0, 0.05) is 25.2 Å². The van der Waals surface area contributed by atoms with Crippen LogP contribution in [-0.4, -0.2) is 35.1 Å². The molecule has 0 unspecified atom stereocenters. The van der Waals surface area contributed by atoms with Crippen molar-refractivity contribution in [2.45, 2.75) is 45.7 Å². The van der Waals surface area contributed by atoms with Gasteiger partial charge in [0.15, 0.2) is 0 Å². The van der Waals surface area contributed by atoms with Crippen molar-refractivity contribution < 1.29 is 0 Å². The Balaban J connectivity index is 1.89. The molecule has 1 N–H and O–H groups in total. The Hall–Kier alpha value is -0.800. The molecule has 0 bridgehead atoms. The molecule has 2 heterocycles. The summed E-state index contributed by atoms with van der Waals surface area (Å²) in [5, 5.41) is 4.15. The smallest absolute Gasteiger partial charge is 0.132 e. The van der Waals surface area contributed by atoms with Crippen LogP contribution in [-0.2, 0) is 0 Å². The van der Waals surface area contributed by atoms with Gasteiger partial charge in [0.05, 0.1) is 11.9 Å². The van der Waals surface area contributed by atoms with Crippen LogP contribution < -0.4 is 5.32 Å². The highest BCUT2D eigenvalue weighted by Crippen LogP contribution is 2.20. The highest BCUT2D eigenvalue weighted by atomic mass is 35.5. The normalized spacial score (nSPS) is 18.3. The van der Waals surface area contributed by atoms with Crippen LogP contribution in [0.15, 0.2) is 12.3 Å². The number of likely N-dealkylation sites (tertiary alicyclic amines) is 1. The molecule has 0 saturated carbocycles. The SMILES string of the molecule is Cc1cc(NC2CCN(C(C)C)CC2)cnc1Cl.